The molecule has 4 nitrogen and oxygen atoms in total. The molecule has 0 radical (unpaired) electrons. The van der Waals surface area contributed by atoms with Gasteiger partial charge in [0.25, 0.3) is 0 Å². The third-order valence-corrected chi connectivity index (χ3v) is 4.57. The van der Waals surface area contributed by atoms with Crippen LogP contribution in [-0.4, -0.2) is 21.1 Å². The Balaban J connectivity index is 2.17. The van der Waals surface area contributed by atoms with Crippen molar-refractivity contribution in [3.63, 3.8) is 0 Å². The van der Waals surface area contributed by atoms with Crippen LogP contribution in [0.4, 0.5) is 5.95 Å². The number of hydrogen-bond donors (Lipinski definition) is 1. The van der Waals surface area contributed by atoms with Crippen molar-refractivity contribution in [1.29, 1.82) is 5.26 Å². The molecule has 1 saturated heterocycles. The summed E-state index contributed by atoms with van der Waals surface area (Å²) in [6.07, 6.45) is 2.35. The number of fused-ring (bicyclic) bond motifs is 1. The maximum absolute atomic E-state index is 9.10. The number of anilines is 1. The van der Waals surface area contributed by atoms with Crippen LogP contribution in [0.5, 0.6) is 0 Å². The Morgan fingerprint density at radius 3 is 3.11 bits per heavy atom. The van der Waals surface area contributed by atoms with Crippen LogP contribution in [0.15, 0.2) is 18.2 Å². The highest BCUT2D eigenvalue weighted by molar-refractivity contribution is 7.99. The van der Waals surface area contributed by atoms with E-state index in [2.05, 4.69) is 15.6 Å². The van der Waals surface area contributed by atoms with Gasteiger partial charge in [-0.3, -0.25) is 0 Å². The molecule has 1 fully saturated rings. The molecule has 0 bridgehead atoms. The van der Waals surface area contributed by atoms with E-state index in [1.165, 1.54) is 12.2 Å². The molecule has 0 aliphatic carbocycles. The van der Waals surface area contributed by atoms with E-state index in [4.69, 9.17) is 11.0 Å². The van der Waals surface area contributed by atoms with Crippen LogP contribution in [0.2, 0.25) is 0 Å². The largest absolute Gasteiger partial charge is 0.369 e. The number of nitrogen functional groups attached to an aromatic ring is 1. The molecule has 0 saturated carbocycles. The maximum Gasteiger partial charge on any atom is 0.201 e. The van der Waals surface area contributed by atoms with Crippen molar-refractivity contribution in [2.75, 3.05) is 17.2 Å². The zero-order chi connectivity index (χ0) is 12.5. The lowest BCUT2D eigenvalue weighted by molar-refractivity contribution is 0.517. The second-order valence-electron chi connectivity index (χ2n) is 4.50. The molecule has 5 heteroatoms. The lowest BCUT2D eigenvalue weighted by Gasteiger charge is -2.24. The number of nitrogens with two attached hydrogens (primary N) is 1. The Hall–Kier alpha value is -1.67. The number of aromatic nitrogens is 2. The fourth-order valence-electron chi connectivity index (χ4n) is 2.54. The molecule has 92 valence electrons. The summed E-state index contributed by atoms with van der Waals surface area (Å²) < 4.78 is 2.10. The summed E-state index contributed by atoms with van der Waals surface area (Å²) in [4.78, 5) is 4.37. The number of rotatable bonds is 1. The molecular formula is C13H14N4S. The normalized spacial score (nSPS) is 19.8. The number of benzene rings is 1. The van der Waals surface area contributed by atoms with Crippen molar-refractivity contribution >= 4 is 28.7 Å². The van der Waals surface area contributed by atoms with E-state index in [1.807, 2.05) is 23.9 Å². The van der Waals surface area contributed by atoms with E-state index >= 15 is 0 Å². The number of nitriles is 1. The van der Waals surface area contributed by atoms with Crippen LogP contribution in [0.25, 0.3) is 11.0 Å². The SMILES string of the molecule is N#Cc1cccc2c1nc(N)n2C1CCCSC1. The van der Waals surface area contributed by atoms with Crippen molar-refractivity contribution < 1.29 is 0 Å². The first-order valence-electron chi connectivity index (χ1n) is 6.05. The van der Waals surface area contributed by atoms with Gasteiger partial charge in [-0.1, -0.05) is 6.07 Å². The molecule has 18 heavy (non-hydrogen) atoms. The standard InChI is InChI=1S/C13H14N4S/c14-7-9-3-1-5-11-12(9)16-13(15)17(11)10-4-2-6-18-8-10/h1,3,5,10H,2,4,6,8H2,(H2,15,16). The molecule has 1 aromatic carbocycles. The molecule has 2 aromatic rings. The minimum atomic E-state index is 0.405. The van der Waals surface area contributed by atoms with Crippen LogP contribution >= 0.6 is 11.8 Å². The van der Waals surface area contributed by atoms with Gasteiger partial charge in [-0.05, 0) is 30.7 Å². The summed E-state index contributed by atoms with van der Waals surface area (Å²) in [5.41, 5.74) is 8.35. The molecular weight excluding hydrogens is 244 g/mol. The molecule has 2 heterocycles. The Kier molecular flexibility index (Phi) is 2.88. The van der Waals surface area contributed by atoms with E-state index in [0.29, 0.717) is 17.6 Å². The summed E-state index contributed by atoms with van der Waals surface area (Å²) >= 11 is 1.96. The van der Waals surface area contributed by atoms with Crippen molar-refractivity contribution in [1.82, 2.24) is 9.55 Å². The minimum Gasteiger partial charge on any atom is -0.369 e. The molecule has 0 amide bonds. The summed E-state index contributed by atoms with van der Waals surface area (Å²) in [7, 11) is 0. The van der Waals surface area contributed by atoms with E-state index in [1.54, 1.807) is 6.07 Å². The van der Waals surface area contributed by atoms with Crippen LogP contribution < -0.4 is 5.73 Å². The quantitative estimate of drug-likeness (QED) is 0.853. The highest BCUT2D eigenvalue weighted by Crippen LogP contribution is 2.32. The van der Waals surface area contributed by atoms with Gasteiger partial charge in [-0.15, -0.1) is 0 Å². The molecule has 2 N–H and O–H groups in total. The Bertz CT molecular complexity index is 620. The van der Waals surface area contributed by atoms with Crippen LogP contribution in [0.1, 0.15) is 24.4 Å². The highest BCUT2D eigenvalue weighted by Gasteiger charge is 2.21. The average Bonchev–Trinajstić information content (AvgIpc) is 2.75. The lowest BCUT2D eigenvalue weighted by atomic mass is 10.1. The molecule has 1 aliphatic rings. The van der Waals surface area contributed by atoms with Crippen molar-refractivity contribution in [3.8, 4) is 6.07 Å². The fourth-order valence-corrected chi connectivity index (χ4v) is 3.66. The lowest BCUT2D eigenvalue weighted by Crippen LogP contribution is -2.17. The Morgan fingerprint density at radius 2 is 2.39 bits per heavy atom. The van der Waals surface area contributed by atoms with Crippen molar-refractivity contribution in [2.24, 2.45) is 0 Å². The first kappa shape index (κ1) is 11.4. The third kappa shape index (κ3) is 1.73. The fraction of sp³-hybridized carbons (Fsp3) is 0.385. The van der Waals surface area contributed by atoms with Crippen LogP contribution in [0.3, 0.4) is 0 Å². The molecule has 1 aliphatic heterocycles. The van der Waals surface area contributed by atoms with Crippen LogP contribution in [0, 0.1) is 11.3 Å². The molecule has 1 aromatic heterocycles. The van der Waals surface area contributed by atoms with Gasteiger partial charge in [0, 0.05) is 11.8 Å². The van der Waals surface area contributed by atoms with E-state index in [0.717, 1.165) is 23.2 Å². The molecule has 1 unspecified atom stereocenters. The summed E-state index contributed by atoms with van der Waals surface area (Å²) in [5, 5.41) is 9.10. The van der Waals surface area contributed by atoms with Gasteiger partial charge >= 0.3 is 0 Å². The van der Waals surface area contributed by atoms with Gasteiger partial charge < -0.3 is 10.3 Å². The minimum absolute atomic E-state index is 0.405. The average molecular weight is 258 g/mol. The number of imidazole rings is 1. The van der Waals surface area contributed by atoms with Crippen LogP contribution in [-0.2, 0) is 0 Å². The van der Waals surface area contributed by atoms with E-state index < -0.39 is 0 Å². The molecule has 0 spiro atoms. The Morgan fingerprint density at radius 1 is 1.50 bits per heavy atom. The predicted octanol–water partition coefficient (Wildman–Crippen LogP) is 2.56. The second-order valence-corrected chi connectivity index (χ2v) is 5.65. The first-order valence-corrected chi connectivity index (χ1v) is 7.21. The highest BCUT2D eigenvalue weighted by atomic mass is 32.2. The van der Waals surface area contributed by atoms with E-state index in [-0.39, 0.29) is 0 Å². The predicted molar refractivity (Wildman–Crippen MR) is 74.5 cm³/mol. The number of para-hydroxylation sites is 1. The second kappa shape index (κ2) is 4.54. The number of thioether (sulfide) groups is 1. The topological polar surface area (TPSA) is 67.6 Å². The van der Waals surface area contributed by atoms with E-state index in [9.17, 15) is 0 Å². The van der Waals surface area contributed by atoms with Gasteiger partial charge in [0.1, 0.15) is 11.6 Å². The van der Waals surface area contributed by atoms with Crippen molar-refractivity contribution in [3.05, 3.63) is 23.8 Å². The van der Waals surface area contributed by atoms with Gasteiger partial charge in [0.15, 0.2) is 0 Å². The number of hydrogen-bond acceptors (Lipinski definition) is 4. The number of nitrogens with zero attached hydrogens (tertiary/aromatic N) is 3. The van der Waals surface area contributed by atoms with Gasteiger partial charge in [0.2, 0.25) is 5.95 Å². The summed E-state index contributed by atoms with van der Waals surface area (Å²) in [5.74, 6) is 2.83. The first-order chi connectivity index (χ1) is 8.81. The smallest absolute Gasteiger partial charge is 0.201 e. The monoisotopic (exact) mass is 258 g/mol. The molecule has 1 atom stereocenters. The maximum atomic E-state index is 9.10. The van der Waals surface area contributed by atoms with Gasteiger partial charge in [-0.2, -0.15) is 17.0 Å². The summed E-state index contributed by atoms with van der Waals surface area (Å²) in [6.45, 7) is 0. The van der Waals surface area contributed by atoms with Gasteiger partial charge in [0.05, 0.1) is 11.1 Å². The zero-order valence-corrected chi connectivity index (χ0v) is 10.8. The van der Waals surface area contributed by atoms with Crippen molar-refractivity contribution in [2.45, 2.75) is 18.9 Å². The van der Waals surface area contributed by atoms with Gasteiger partial charge in [-0.25, -0.2) is 4.98 Å². The molecule has 3 rings (SSSR count). The zero-order valence-electron chi connectivity index (χ0n) is 9.97. The third-order valence-electron chi connectivity index (χ3n) is 3.37. The summed E-state index contributed by atoms with van der Waals surface area (Å²) in [6, 6.07) is 8.26. The Labute approximate surface area is 110 Å².